The number of rotatable bonds is 10. The lowest BCUT2D eigenvalue weighted by Gasteiger charge is -2.23. The molecule has 0 unspecified atom stereocenters. The molecule has 1 N–H and O–H groups in total. The largest absolute Gasteiger partial charge is 0.486 e. The first-order valence-electron chi connectivity index (χ1n) is 11.9. The van der Waals surface area contributed by atoms with Gasteiger partial charge in [-0.1, -0.05) is 18.2 Å². The molecule has 0 spiro atoms. The van der Waals surface area contributed by atoms with Crippen LogP contribution in [0.2, 0.25) is 0 Å². The molecule has 3 aromatic rings. The Morgan fingerprint density at radius 2 is 1.79 bits per heavy atom. The van der Waals surface area contributed by atoms with E-state index in [4.69, 9.17) is 4.74 Å². The molecule has 206 valence electrons. The fourth-order valence-corrected chi connectivity index (χ4v) is 4.34. The summed E-state index contributed by atoms with van der Waals surface area (Å²) in [4.78, 5) is 28.3. The van der Waals surface area contributed by atoms with Crippen LogP contribution in [-0.2, 0) is 12.6 Å². The monoisotopic (exact) mass is 541 g/mol. The Balaban J connectivity index is 1.91. The molecule has 4 rings (SSSR count). The maximum atomic E-state index is 14.8. The highest BCUT2D eigenvalue weighted by Gasteiger charge is 2.54. The van der Waals surface area contributed by atoms with Gasteiger partial charge in [0.25, 0.3) is 24.0 Å². The summed E-state index contributed by atoms with van der Waals surface area (Å²) in [7, 11) is 4.87. The van der Waals surface area contributed by atoms with Crippen LogP contribution < -0.4 is 21.2 Å². The SMILES string of the molecule is C[C@@H](Nc1nn(C)c(=O)c2c(OCCN(C)C)c(=O)n(C3(C(F)F)CC3)cc12)c1cccc(C(F)F)c1F. The Labute approximate surface area is 214 Å². The van der Waals surface area contributed by atoms with Crippen molar-refractivity contribution in [2.75, 3.05) is 32.6 Å². The summed E-state index contributed by atoms with van der Waals surface area (Å²) in [6.07, 6.45) is -4.63. The fraction of sp³-hybridized carbons (Fsp3) is 0.480. The fourth-order valence-electron chi connectivity index (χ4n) is 4.34. The van der Waals surface area contributed by atoms with Crippen LogP contribution in [0.15, 0.2) is 34.0 Å². The van der Waals surface area contributed by atoms with Crippen LogP contribution in [0.1, 0.15) is 43.4 Å². The lowest BCUT2D eigenvalue weighted by Crippen LogP contribution is -2.37. The smallest absolute Gasteiger partial charge is 0.294 e. The summed E-state index contributed by atoms with van der Waals surface area (Å²) in [5, 5.41) is 6.91. The molecule has 38 heavy (non-hydrogen) atoms. The highest BCUT2D eigenvalue weighted by Crippen LogP contribution is 2.48. The lowest BCUT2D eigenvalue weighted by atomic mass is 10.0. The zero-order valence-corrected chi connectivity index (χ0v) is 21.3. The number of nitrogens with one attached hydrogen (secondary N) is 1. The number of anilines is 1. The van der Waals surface area contributed by atoms with Gasteiger partial charge in [-0.3, -0.25) is 14.2 Å². The van der Waals surface area contributed by atoms with Crippen LogP contribution in [0.25, 0.3) is 10.8 Å². The van der Waals surface area contributed by atoms with Gasteiger partial charge in [-0.05, 0) is 33.9 Å². The first-order valence-corrected chi connectivity index (χ1v) is 11.9. The van der Waals surface area contributed by atoms with Gasteiger partial charge in [0.1, 0.15) is 23.3 Å². The molecule has 1 aromatic carbocycles. The molecule has 13 heteroatoms. The van der Waals surface area contributed by atoms with E-state index < -0.39 is 46.9 Å². The zero-order chi connectivity index (χ0) is 27.9. The predicted molar refractivity (Wildman–Crippen MR) is 132 cm³/mol. The molecule has 0 aliphatic heterocycles. The molecule has 1 aliphatic carbocycles. The third kappa shape index (κ3) is 4.86. The number of aryl methyl sites for hydroxylation is 1. The number of hydrogen-bond acceptors (Lipinski definition) is 6. The number of nitrogens with zero attached hydrogens (tertiary/aromatic N) is 4. The standard InChI is InChI=1S/C25H28F5N5O3/c1-13(14-6-5-7-15(18(14)26)20(27)28)31-21-16-12-35(25(8-9-25)24(29)30)23(37)19(38-11-10-33(2)3)17(16)22(36)34(4)32-21/h5-7,12-13,20,24H,8-11H2,1-4H3,(H,31,32)/t13-/m1/s1. The van der Waals surface area contributed by atoms with Gasteiger partial charge in [0.05, 0.1) is 17.0 Å². The first-order chi connectivity index (χ1) is 17.9. The van der Waals surface area contributed by atoms with Crippen molar-refractivity contribution in [3.05, 3.63) is 62.0 Å². The van der Waals surface area contributed by atoms with Crippen molar-refractivity contribution in [1.29, 1.82) is 0 Å². The highest BCUT2D eigenvalue weighted by molar-refractivity contribution is 5.94. The highest BCUT2D eigenvalue weighted by atomic mass is 19.3. The van der Waals surface area contributed by atoms with E-state index in [-0.39, 0.29) is 47.4 Å². The van der Waals surface area contributed by atoms with Crippen LogP contribution in [0.5, 0.6) is 5.75 Å². The van der Waals surface area contributed by atoms with E-state index in [0.717, 1.165) is 21.5 Å². The molecular formula is C25H28F5N5O3. The van der Waals surface area contributed by atoms with E-state index >= 15 is 0 Å². The molecule has 0 saturated heterocycles. The topological polar surface area (TPSA) is 81.4 Å². The van der Waals surface area contributed by atoms with E-state index in [9.17, 15) is 31.5 Å². The van der Waals surface area contributed by atoms with Gasteiger partial charge in [-0.2, -0.15) is 5.10 Å². The number of benzene rings is 1. The molecule has 1 aliphatic rings. The predicted octanol–water partition coefficient (Wildman–Crippen LogP) is 4.04. The van der Waals surface area contributed by atoms with E-state index in [0.29, 0.717) is 6.54 Å². The number of aromatic nitrogens is 3. The minimum absolute atomic E-state index is 0.000689. The summed E-state index contributed by atoms with van der Waals surface area (Å²) in [5.74, 6) is -1.52. The van der Waals surface area contributed by atoms with E-state index in [1.54, 1.807) is 19.0 Å². The quantitative estimate of drug-likeness (QED) is 0.391. The van der Waals surface area contributed by atoms with Crippen molar-refractivity contribution in [2.45, 2.75) is 44.2 Å². The second-order valence-electron chi connectivity index (χ2n) is 9.67. The van der Waals surface area contributed by atoms with E-state index in [2.05, 4.69) is 10.4 Å². The van der Waals surface area contributed by atoms with Gasteiger partial charge in [0.15, 0.2) is 11.6 Å². The van der Waals surface area contributed by atoms with E-state index in [1.165, 1.54) is 26.1 Å². The average molecular weight is 542 g/mol. The van der Waals surface area contributed by atoms with Crippen molar-refractivity contribution < 1.29 is 26.7 Å². The molecule has 1 fully saturated rings. The summed E-state index contributed by atoms with van der Waals surface area (Å²) < 4.78 is 76.9. The van der Waals surface area contributed by atoms with Gasteiger partial charge in [-0.15, -0.1) is 0 Å². The number of pyridine rings is 1. The van der Waals surface area contributed by atoms with Gasteiger partial charge in [0, 0.05) is 25.4 Å². The van der Waals surface area contributed by atoms with E-state index in [1.807, 2.05) is 0 Å². The summed E-state index contributed by atoms with van der Waals surface area (Å²) in [6, 6.07) is 2.67. The first kappa shape index (κ1) is 27.6. The van der Waals surface area contributed by atoms with Crippen molar-refractivity contribution in [3.63, 3.8) is 0 Å². The van der Waals surface area contributed by atoms with Crippen LogP contribution in [0.3, 0.4) is 0 Å². The minimum atomic E-state index is -3.03. The molecule has 0 amide bonds. The van der Waals surface area contributed by atoms with Gasteiger partial charge in [-0.25, -0.2) is 26.6 Å². The summed E-state index contributed by atoms with van der Waals surface area (Å²) in [6.45, 7) is 1.88. The number of halogens is 5. The molecule has 1 atom stereocenters. The lowest BCUT2D eigenvalue weighted by molar-refractivity contribution is 0.0648. The summed E-state index contributed by atoms with van der Waals surface area (Å²) in [5.41, 5.74) is -4.17. The Kier molecular flexibility index (Phi) is 7.51. The number of fused-ring (bicyclic) bond motifs is 1. The normalized spacial score (nSPS) is 15.5. The van der Waals surface area contributed by atoms with Crippen LogP contribution >= 0.6 is 0 Å². The Morgan fingerprint density at radius 3 is 2.37 bits per heavy atom. The van der Waals surface area contributed by atoms with Gasteiger partial charge >= 0.3 is 0 Å². The van der Waals surface area contributed by atoms with Crippen molar-refractivity contribution >= 4 is 16.6 Å². The molecule has 2 aromatic heterocycles. The Bertz CT molecular complexity index is 1470. The molecule has 0 bridgehead atoms. The summed E-state index contributed by atoms with van der Waals surface area (Å²) >= 11 is 0. The molecule has 0 radical (unpaired) electrons. The second kappa shape index (κ2) is 10.4. The third-order valence-corrected chi connectivity index (χ3v) is 6.73. The third-order valence-electron chi connectivity index (χ3n) is 6.73. The van der Waals surface area contributed by atoms with Crippen molar-refractivity contribution in [2.24, 2.45) is 7.05 Å². The Morgan fingerprint density at radius 1 is 1.13 bits per heavy atom. The molecule has 1 saturated carbocycles. The minimum Gasteiger partial charge on any atom is -0.486 e. The van der Waals surface area contributed by atoms with Crippen LogP contribution in [0.4, 0.5) is 27.8 Å². The van der Waals surface area contributed by atoms with Crippen LogP contribution in [-0.4, -0.2) is 52.9 Å². The maximum absolute atomic E-state index is 14.8. The average Bonchev–Trinajstić information content (AvgIpc) is 3.65. The van der Waals surface area contributed by atoms with Crippen molar-refractivity contribution in [1.82, 2.24) is 19.2 Å². The molecule has 8 nitrogen and oxygen atoms in total. The number of likely N-dealkylation sites (N-methyl/N-ethyl adjacent to an activating group) is 1. The zero-order valence-electron chi connectivity index (χ0n) is 21.3. The maximum Gasteiger partial charge on any atom is 0.294 e. The second-order valence-corrected chi connectivity index (χ2v) is 9.67. The van der Waals surface area contributed by atoms with Gasteiger partial charge in [0.2, 0.25) is 0 Å². The number of hydrogen-bond donors (Lipinski definition) is 1. The molecular weight excluding hydrogens is 513 g/mol. The molecule has 2 heterocycles. The van der Waals surface area contributed by atoms with Gasteiger partial charge < -0.3 is 15.0 Å². The number of alkyl halides is 4. The Hall–Kier alpha value is -3.48. The van der Waals surface area contributed by atoms with Crippen LogP contribution in [0, 0.1) is 5.82 Å². The van der Waals surface area contributed by atoms with Crippen molar-refractivity contribution in [3.8, 4) is 5.75 Å². The number of ether oxygens (including phenoxy) is 1.